The second kappa shape index (κ2) is 5.26. The van der Waals surface area contributed by atoms with Crippen molar-refractivity contribution in [2.24, 2.45) is 5.41 Å². The number of piperazine rings is 1. The minimum absolute atomic E-state index is 0.557. The highest BCUT2D eigenvalue weighted by Gasteiger charge is 2.41. The van der Waals surface area contributed by atoms with Crippen molar-refractivity contribution < 1.29 is 0 Å². The van der Waals surface area contributed by atoms with E-state index in [1.807, 2.05) is 0 Å². The van der Waals surface area contributed by atoms with E-state index in [0.29, 0.717) is 17.5 Å². The highest BCUT2D eigenvalue weighted by atomic mass is 15.2. The van der Waals surface area contributed by atoms with Gasteiger partial charge in [-0.25, -0.2) is 0 Å². The topological polar surface area (TPSA) is 15.3 Å². The van der Waals surface area contributed by atoms with Crippen molar-refractivity contribution in [3.8, 4) is 0 Å². The molecule has 1 N–H and O–H groups in total. The highest BCUT2D eigenvalue weighted by molar-refractivity contribution is 5.20. The molecule has 1 saturated heterocycles. The SMILES string of the molecule is CCC1CN(CC2(C)CC2)C(c2ccccc2)CN1. The molecule has 3 rings (SSSR count). The van der Waals surface area contributed by atoms with Gasteiger partial charge in [0, 0.05) is 31.7 Å². The molecule has 0 amide bonds. The van der Waals surface area contributed by atoms with E-state index in [0.717, 1.165) is 6.54 Å². The molecule has 1 aromatic carbocycles. The first kappa shape index (κ1) is 13.1. The van der Waals surface area contributed by atoms with Gasteiger partial charge in [-0.2, -0.15) is 0 Å². The van der Waals surface area contributed by atoms with Crippen molar-refractivity contribution in [2.45, 2.75) is 45.2 Å². The fourth-order valence-electron chi connectivity index (χ4n) is 3.20. The van der Waals surface area contributed by atoms with Gasteiger partial charge >= 0.3 is 0 Å². The molecule has 2 nitrogen and oxygen atoms in total. The van der Waals surface area contributed by atoms with Crippen LogP contribution in [0.3, 0.4) is 0 Å². The van der Waals surface area contributed by atoms with Gasteiger partial charge in [0.25, 0.3) is 0 Å². The van der Waals surface area contributed by atoms with E-state index < -0.39 is 0 Å². The van der Waals surface area contributed by atoms with Gasteiger partial charge < -0.3 is 5.32 Å². The van der Waals surface area contributed by atoms with Crippen LogP contribution in [0.25, 0.3) is 0 Å². The minimum Gasteiger partial charge on any atom is -0.311 e. The van der Waals surface area contributed by atoms with Crippen molar-refractivity contribution in [3.05, 3.63) is 35.9 Å². The summed E-state index contributed by atoms with van der Waals surface area (Å²) in [6.07, 6.45) is 4.05. The zero-order valence-electron chi connectivity index (χ0n) is 12.2. The molecule has 19 heavy (non-hydrogen) atoms. The highest BCUT2D eigenvalue weighted by Crippen LogP contribution is 2.46. The molecule has 2 fully saturated rings. The summed E-state index contributed by atoms with van der Waals surface area (Å²) in [6, 6.07) is 12.2. The Morgan fingerprint density at radius 2 is 2.00 bits per heavy atom. The average Bonchev–Trinajstić information content (AvgIpc) is 3.17. The molecule has 2 atom stereocenters. The molecule has 0 bridgehead atoms. The van der Waals surface area contributed by atoms with Crippen molar-refractivity contribution in [3.63, 3.8) is 0 Å². The largest absolute Gasteiger partial charge is 0.311 e. The Balaban J connectivity index is 1.76. The minimum atomic E-state index is 0.557. The number of benzene rings is 1. The van der Waals surface area contributed by atoms with Gasteiger partial charge in [0.2, 0.25) is 0 Å². The zero-order chi connectivity index (χ0) is 13.3. The van der Waals surface area contributed by atoms with E-state index in [9.17, 15) is 0 Å². The van der Waals surface area contributed by atoms with E-state index in [1.54, 1.807) is 0 Å². The lowest BCUT2D eigenvalue weighted by atomic mass is 9.98. The third-order valence-corrected chi connectivity index (χ3v) is 4.86. The molecule has 2 aliphatic rings. The van der Waals surface area contributed by atoms with E-state index in [4.69, 9.17) is 0 Å². The summed E-state index contributed by atoms with van der Waals surface area (Å²) in [6.45, 7) is 8.30. The van der Waals surface area contributed by atoms with Crippen molar-refractivity contribution in [1.82, 2.24) is 10.2 Å². The summed E-state index contributed by atoms with van der Waals surface area (Å²) in [7, 11) is 0. The maximum Gasteiger partial charge on any atom is 0.0473 e. The molecule has 1 aliphatic heterocycles. The molecule has 1 aliphatic carbocycles. The Labute approximate surface area is 117 Å². The number of hydrogen-bond acceptors (Lipinski definition) is 2. The molecule has 1 saturated carbocycles. The number of nitrogens with one attached hydrogen (secondary N) is 1. The Morgan fingerprint density at radius 1 is 1.26 bits per heavy atom. The summed E-state index contributed by atoms with van der Waals surface area (Å²) >= 11 is 0. The number of hydrogen-bond donors (Lipinski definition) is 1. The zero-order valence-corrected chi connectivity index (χ0v) is 12.2. The van der Waals surface area contributed by atoms with Crippen LogP contribution in [-0.4, -0.2) is 30.6 Å². The maximum atomic E-state index is 3.71. The molecule has 0 aromatic heterocycles. The monoisotopic (exact) mass is 258 g/mol. The van der Waals surface area contributed by atoms with Gasteiger partial charge in [0.15, 0.2) is 0 Å². The van der Waals surface area contributed by atoms with Crippen LogP contribution in [0.15, 0.2) is 30.3 Å². The van der Waals surface area contributed by atoms with Crippen LogP contribution in [0.1, 0.15) is 44.7 Å². The lowest BCUT2D eigenvalue weighted by Crippen LogP contribution is -2.53. The Bertz CT molecular complexity index is 411. The van der Waals surface area contributed by atoms with E-state index in [-0.39, 0.29) is 0 Å². The smallest absolute Gasteiger partial charge is 0.0473 e. The van der Waals surface area contributed by atoms with Gasteiger partial charge in [-0.1, -0.05) is 44.2 Å². The number of nitrogens with zero attached hydrogens (tertiary/aromatic N) is 1. The second-order valence-electron chi connectivity index (χ2n) is 6.68. The van der Waals surface area contributed by atoms with Gasteiger partial charge in [-0.3, -0.25) is 4.90 Å². The molecule has 1 aromatic rings. The van der Waals surface area contributed by atoms with Crippen LogP contribution in [0.4, 0.5) is 0 Å². The van der Waals surface area contributed by atoms with E-state index in [2.05, 4.69) is 54.4 Å². The Kier molecular flexibility index (Phi) is 3.64. The normalized spacial score (nSPS) is 30.2. The lowest BCUT2D eigenvalue weighted by Gasteiger charge is -2.42. The van der Waals surface area contributed by atoms with Crippen LogP contribution in [-0.2, 0) is 0 Å². The molecule has 0 spiro atoms. The van der Waals surface area contributed by atoms with Gasteiger partial charge in [0.1, 0.15) is 0 Å². The Morgan fingerprint density at radius 3 is 2.63 bits per heavy atom. The van der Waals surface area contributed by atoms with Crippen molar-refractivity contribution >= 4 is 0 Å². The van der Waals surface area contributed by atoms with Crippen molar-refractivity contribution in [2.75, 3.05) is 19.6 Å². The van der Waals surface area contributed by atoms with Crippen LogP contribution in [0, 0.1) is 5.41 Å². The van der Waals surface area contributed by atoms with Crippen LogP contribution >= 0.6 is 0 Å². The molecule has 2 unspecified atom stereocenters. The third kappa shape index (κ3) is 3.01. The third-order valence-electron chi connectivity index (χ3n) is 4.86. The van der Waals surface area contributed by atoms with Crippen LogP contribution in [0.2, 0.25) is 0 Å². The first-order chi connectivity index (χ1) is 9.20. The number of rotatable bonds is 4. The quantitative estimate of drug-likeness (QED) is 0.892. The van der Waals surface area contributed by atoms with Crippen molar-refractivity contribution in [1.29, 1.82) is 0 Å². The summed E-state index contributed by atoms with van der Waals surface area (Å²) in [4.78, 5) is 2.73. The predicted octanol–water partition coefficient (Wildman–Crippen LogP) is 3.21. The first-order valence-corrected chi connectivity index (χ1v) is 7.72. The molecule has 104 valence electrons. The standard InChI is InChI=1S/C17H26N2/c1-3-15-12-19(13-17(2)9-10-17)16(11-18-15)14-7-5-4-6-8-14/h4-8,15-16,18H,3,9-13H2,1-2H3. The molecule has 1 heterocycles. The summed E-state index contributed by atoms with van der Waals surface area (Å²) in [5.74, 6) is 0. The van der Waals surface area contributed by atoms with Gasteiger partial charge in [-0.05, 0) is 30.2 Å². The summed E-state index contributed by atoms with van der Waals surface area (Å²) in [5.41, 5.74) is 2.07. The van der Waals surface area contributed by atoms with Gasteiger partial charge in [-0.15, -0.1) is 0 Å². The fraction of sp³-hybridized carbons (Fsp3) is 0.647. The van der Waals surface area contributed by atoms with Gasteiger partial charge in [0.05, 0.1) is 0 Å². The molecular weight excluding hydrogens is 232 g/mol. The lowest BCUT2D eigenvalue weighted by molar-refractivity contribution is 0.106. The Hall–Kier alpha value is -0.860. The van der Waals surface area contributed by atoms with E-state index >= 15 is 0 Å². The average molecular weight is 258 g/mol. The molecule has 2 heteroatoms. The first-order valence-electron chi connectivity index (χ1n) is 7.72. The molecule has 0 radical (unpaired) electrons. The summed E-state index contributed by atoms with van der Waals surface area (Å²) < 4.78 is 0. The summed E-state index contributed by atoms with van der Waals surface area (Å²) in [5, 5.41) is 3.71. The van der Waals surface area contributed by atoms with E-state index in [1.165, 1.54) is 37.9 Å². The molecular formula is C17H26N2. The second-order valence-corrected chi connectivity index (χ2v) is 6.68. The predicted molar refractivity (Wildman–Crippen MR) is 80.2 cm³/mol. The van der Waals surface area contributed by atoms with Crippen LogP contribution < -0.4 is 5.32 Å². The van der Waals surface area contributed by atoms with Crippen LogP contribution in [0.5, 0.6) is 0 Å². The fourth-order valence-corrected chi connectivity index (χ4v) is 3.20. The maximum absolute atomic E-state index is 3.71.